The van der Waals surface area contributed by atoms with Crippen LogP contribution in [0.25, 0.3) is 0 Å². The summed E-state index contributed by atoms with van der Waals surface area (Å²) in [4.78, 5) is 12.1. The summed E-state index contributed by atoms with van der Waals surface area (Å²) < 4.78 is 31.3. The lowest BCUT2D eigenvalue weighted by molar-refractivity contribution is -0.148. The highest BCUT2D eigenvalue weighted by Crippen LogP contribution is 2.28. The van der Waals surface area contributed by atoms with Crippen LogP contribution in [0.4, 0.5) is 8.78 Å². The van der Waals surface area contributed by atoms with Crippen LogP contribution in [0.2, 0.25) is 0 Å². The Hall–Kier alpha value is -1.49. The number of methoxy groups -OCH3 is 1. The molecular weight excluding hydrogens is 264 g/mol. The van der Waals surface area contributed by atoms with E-state index in [-0.39, 0.29) is 6.04 Å². The topological polar surface area (TPSA) is 38.3 Å². The van der Waals surface area contributed by atoms with Crippen molar-refractivity contribution in [3.05, 3.63) is 35.4 Å². The summed E-state index contributed by atoms with van der Waals surface area (Å²) in [5.74, 6) is -2.40. The van der Waals surface area contributed by atoms with E-state index in [2.05, 4.69) is 5.32 Å². The van der Waals surface area contributed by atoms with Crippen LogP contribution in [0.15, 0.2) is 18.2 Å². The van der Waals surface area contributed by atoms with Crippen molar-refractivity contribution >= 4 is 5.97 Å². The first-order valence-corrected chi connectivity index (χ1v) is 6.79. The largest absolute Gasteiger partial charge is 0.467 e. The minimum Gasteiger partial charge on any atom is -0.467 e. The summed E-state index contributed by atoms with van der Waals surface area (Å²) in [5.41, 5.74) is -0.798. The monoisotopic (exact) mass is 283 g/mol. The molecule has 2 rings (SSSR count). The Morgan fingerprint density at radius 3 is 2.50 bits per heavy atom. The highest BCUT2D eigenvalue weighted by atomic mass is 19.2. The molecule has 0 radical (unpaired) electrons. The second-order valence-electron chi connectivity index (χ2n) is 5.37. The van der Waals surface area contributed by atoms with Crippen LogP contribution in [0.1, 0.15) is 38.2 Å². The standard InChI is InChI=1S/C15H19F2NO2/c1-15(14(19)20-2,18-11-5-3-4-6-11)10-7-8-12(16)13(17)9-10/h7-9,11,18H,3-6H2,1-2H3. The van der Waals surface area contributed by atoms with Crippen molar-refractivity contribution in [3.8, 4) is 0 Å². The highest BCUT2D eigenvalue weighted by Gasteiger charge is 2.39. The molecule has 1 aromatic carbocycles. The summed E-state index contributed by atoms with van der Waals surface area (Å²) in [7, 11) is 1.29. The van der Waals surface area contributed by atoms with Crippen molar-refractivity contribution in [1.82, 2.24) is 5.32 Å². The van der Waals surface area contributed by atoms with Crippen LogP contribution in [0.3, 0.4) is 0 Å². The van der Waals surface area contributed by atoms with Gasteiger partial charge in [-0.25, -0.2) is 13.6 Å². The molecule has 1 unspecified atom stereocenters. The zero-order chi connectivity index (χ0) is 14.8. The number of esters is 1. The molecule has 1 fully saturated rings. The zero-order valence-corrected chi connectivity index (χ0v) is 11.7. The number of hydrogen-bond donors (Lipinski definition) is 1. The number of halogens is 2. The minimum absolute atomic E-state index is 0.187. The molecule has 1 saturated carbocycles. The van der Waals surface area contributed by atoms with Gasteiger partial charge in [0, 0.05) is 6.04 Å². The van der Waals surface area contributed by atoms with E-state index in [1.165, 1.54) is 13.2 Å². The van der Waals surface area contributed by atoms with Crippen molar-refractivity contribution < 1.29 is 18.3 Å². The molecule has 1 aromatic rings. The van der Waals surface area contributed by atoms with Crippen molar-refractivity contribution in [2.24, 2.45) is 0 Å². The Bertz CT molecular complexity index is 501. The van der Waals surface area contributed by atoms with E-state index < -0.39 is 23.1 Å². The fraction of sp³-hybridized carbons (Fsp3) is 0.533. The van der Waals surface area contributed by atoms with Crippen molar-refractivity contribution in [2.45, 2.75) is 44.2 Å². The van der Waals surface area contributed by atoms with E-state index in [1.807, 2.05) is 0 Å². The van der Waals surface area contributed by atoms with Crippen LogP contribution in [-0.2, 0) is 15.1 Å². The lowest BCUT2D eigenvalue weighted by Crippen LogP contribution is -2.51. The Kier molecular flexibility index (Phi) is 4.38. The SMILES string of the molecule is COC(=O)C(C)(NC1CCCC1)c1ccc(F)c(F)c1. The number of carbonyl (C=O) groups excluding carboxylic acids is 1. The second kappa shape index (κ2) is 5.87. The summed E-state index contributed by atoms with van der Waals surface area (Å²) in [6, 6.07) is 3.68. The molecular formula is C15H19F2NO2. The highest BCUT2D eigenvalue weighted by molar-refractivity contribution is 5.82. The van der Waals surface area contributed by atoms with Gasteiger partial charge in [-0.15, -0.1) is 0 Å². The van der Waals surface area contributed by atoms with Crippen LogP contribution >= 0.6 is 0 Å². The van der Waals surface area contributed by atoms with Crippen molar-refractivity contribution in [3.63, 3.8) is 0 Å². The summed E-state index contributed by atoms with van der Waals surface area (Å²) >= 11 is 0. The minimum atomic E-state index is -1.17. The first-order chi connectivity index (χ1) is 9.47. The molecule has 1 N–H and O–H groups in total. The third kappa shape index (κ3) is 2.82. The average molecular weight is 283 g/mol. The van der Waals surface area contributed by atoms with Gasteiger partial charge < -0.3 is 4.74 Å². The summed E-state index contributed by atoms with van der Waals surface area (Å²) in [6.45, 7) is 1.64. The number of rotatable bonds is 4. The molecule has 0 spiro atoms. The molecule has 0 aromatic heterocycles. The summed E-state index contributed by atoms with van der Waals surface area (Å²) in [6.07, 6.45) is 4.14. The number of hydrogen-bond acceptors (Lipinski definition) is 3. The van der Waals surface area contributed by atoms with E-state index in [0.717, 1.165) is 37.8 Å². The maximum atomic E-state index is 13.4. The third-order valence-electron chi connectivity index (χ3n) is 3.94. The third-order valence-corrected chi connectivity index (χ3v) is 3.94. The maximum absolute atomic E-state index is 13.4. The van der Waals surface area contributed by atoms with Gasteiger partial charge in [-0.05, 0) is 37.5 Å². The van der Waals surface area contributed by atoms with Crippen LogP contribution in [0, 0.1) is 11.6 Å². The van der Waals surface area contributed by atoms with Gasteiger partial charge in [-0.1, -0.05) is 18.9 Å². The Morgan fingerprint density at radius 1 is 1.30 bits per heavy atom. The van der Waals surface area contributed by atoms with E-state index in [1.54, 1.807) is 6.92 Å². The van der Waals surface area contributed by atoms with E-state index in [4.69, 9.17) is 4.74 Å². The first-order valence-electron chi connectivity index (χ1n) is 6.79. The Balaban J connectivity index is 2.34. The Morgan fingerprint density at radius 2 is 1.95 bits per heavy atom. The van der Waals surface area contributed by atoms with Gasteiger partial charge >= 0.3 is 5.97 Å². The van der Waals surface area contributed by atoms with Crippen molar-refractivity contribution in [2.75, 3.05) is 7.11 Å². The number of ether oxygens (including phenoxy) is 1. The first kappa shape index (κ1) is 14.9. The summed E-state index contributed by atoms with van der Waals surface area (Å²) in [5, 5.41) is 3.24. The van der Waals surface area contributed by atoms with Gasteiger partial charge in [-0.3, -0.25) is 5.32 Å². The number of nitrogens with one attached hydrogen (secondary N) is 1. The second-order valence-corrected chi connectivity index (χ2v) is 5.37. The predicted molar refractivity (Wildman–Crippen MR) is 71.1 cm³/mol. The molecule has 0 amide bonds. The van der Waals surface area contributed by atoms with Gasteiger partial charge in [0.25, 0.3) is 0 Å². The quantitative estimate of drug-likeness (QED) is 0.864. The molecule has 1 aliphatic rings. The normalized spacial score (nSPS) is 18.8. The predicted octanol–water partition coefficient (Wildman–Crippen LogP) is 2.89. The molecule has 0 aliphatic heterocycles. The smallest absolute Gasteiger partial charge is 0.330 e. The molecule has 5 heteroatoms. The molecule has 110 valence electrons. The van der Waals surface area contributed by atoms with Crippen molar-refractivity contribution in [1.29, 1.82) is 0 Å². The van der Waals surface area contributed by atoms with E-state index in [9.17, 15) is 13.6 Å². The van der Waals surface area contributed by atoms with Crippen LogP contribution < -0.4 is 5.32 Å². The van der Waals surface area contributed by atoms with E-state index in [0.29, 0.717) is 5.56 Å². The lowest BCUT2D eigenvalue weighted by Gasteiger charge is -2.31. The van der Waals surface area contributed by atoms with Gasteiger partial charge in [0.1, 0.15) is 5.54 Å². The molecule has 0 saturated heterocycles. The number of carbonyl (C=O) groups is 1. The Labute approximate surface area is 117 Å². The molecule has 0 heterocycles. The molecule has 3 nitrogen and oxygen atoms in total. The van der Waals surface area contributed by atoms with Gasteiger partial charge in [0.15, 0.2) is 11.6 Å². The molecule has 1 aliphatic carbocycles. The van der Waals surface area contributed by atoms with Gasteiger partial charge in [0.05, 0.1) is 7.11 Å². The average Bonchev–Trinajstić information content (AvgIpc) is 2.93. The van der Waals surface area contributed by atoms with Gasteiger partial charge in [-0.2, -0.15) is 0 Å². The molecule has 1 atom stereocenters. The fourth-order valence-corrected chi connectivity index (χ4v) is 2.75. The van der Waals surface area contributed by atoms with E-state index >= 15 is 0 Å². The maximum Gasteiger partial charge on any atom is 0.330 e. The lowest BCUT2D eigenvalue weighted by atomic mass is 9.90. The van der Waals surface area contributed by atoms with Crippen LogP contribution in [-0.4, -0.2) is 19.1 Å². The fourth-order valence-electron chi connectivity index (χ4n) is 2.75. The van der Waals surface area contributed by atoms with Crippen LogP contribution in [0.5, 0.6) is 0 Å². The molecule has 0 bridgehead atoms. The molecule has 20 heavy (non-hydrogen) atoms. The number of benzene rings is 1. The van der Waals surface area contributed by atoms with Gasteiger partial charge in [0.2, 0.25) is 0 Å². The zero-order valence-electron chi connectivity index (χ0n) is 11.7.